The summed E-state index contributed by atoms with van der Waals surface area (Å²) in [5.74, 6) is 1.35. The first-order valence-corrected chi connectivity index (χ1v) is 9.62. The van der Waals surface area contributed by atoms with E-state index >= 15 is 0 Å². The molecule has 152 valence electrons. The Bertz CT molecular complexity index is 590. The quantitative estimate of drug-likeness (QED) is 0.551. The van der Waals surface area contributed by atoms with Gasteiger partial charge >= 0.3 is 0 Å². The Kier molecular flexibility index (Phi) is 8.54. The Morgan fingerprint density at radius 2 is 1.52 bits per heavy atom. The van der Waals surface area contributed by atoms with E-state index < -0.39 is 5.54 Å². The summed E-state index contributed by atoms with van der Waals surface area (Å²) in [7, 11) is 6.57. The van der Waals surface area contributed by atoms with Gasteiger partial charge in [-0.15, -0.1) is 0 Å². The van der Waals surface area contributed by atoms with Gasteiger partial charge in [-0.05, 0) is 31.0 Å². The zero-order valence-corrected chi connectivity index (χ0v) is 17.1. The number of ether oxygens (including phenoxy) is 4. The lowest BCUT2D eigenvalue weighted by Gasteiger charge is -2.45. The Hall–Kier alpha value is -1.63. The van der Waals surface area contributed by atoms with E-state index in [9.17, 15) is 4.79 Å². The van der Waals surface area contributed by atoms with Crippen LogP contribution < -0.4 is 9.47 Å². The molecule has 27 heavy (non-hydrogen) atoms. The van der Waals surface area contributed by atoms with Crippen LogP contribution in [-0.2, 0) is 9.47 Å². The van der Waals surface area contributed by atoms with Crippen LogP contribution in [0.1, 0.15) is 42.5 Å². The second kappa shape index (κ2) is 10.6. The van der Waals surface area contributed by atoms with Crippen molar-refractivity contribution >= 4 is 5.78 Å². The Morgan fingerprint density at radius 1 is 0.926 bits per heavy atom. The molecule has 0 aromatic heterocycles. The maximum Gasteiger partial charge on any atom is 0.183 e. The molecule has 1 fully saturated rings. The second-order valence-corrected chi connectivity index (χ2v) is 6.96. The van der Waals surface area contributed by atoms with Crippen molar-refractivity contribution in [2.45, 2.75) is 37.6 Å². The van der Waals surface area contributed by atoms with E-state index in [4.69, 9.17) is 18.9 Å². The molecule has 6 heteroatoms. The number of benzene rings is 1. The monoisotopic (exact) mass is 379 g/mol. The first-order valence-electron chi connectivity index (χ1n) is 9.62. The van der Waals surface area contributed by atoms with Gasteiger partial charge in [0.1, 0.15) is 0 Å². The minimum atomic E-state index is -0.519. The summed E-state index contributed by atoms with van der Waals surface area (Å²) in [5, 5.41) is 0. The predicted molar refractivity (Wildman–Crippen MR) is 105 cm³/mol. The largest absolute Gasteiger partial charge is 0.493 e. The van der Waals surface area contributed by atoms with Crippen molar-refractivity contribution in [3.63, 3.8) is 0 Å². The van der Waals surface area contributed by atoms with Crippen LogP contribution in [0, 0.1) is 0 Å². The summed E-state index contributed by atoms with van der Waals surface area (Å²) in [4.78, 5) is 16.0. The maximum absolute atomic E-state index is 13.7. The minimum absolute atomic E-state index is 0.148. The summed E-state index contributed by atoms with van der Waals surface area (Å²) >= 11 is 0. The highest BCUT2D eigenvalue weighted by Gasteiger charge is 2.44. The van der Waals surface area contributed by atoms with Gasteiger partial charge < -0.3 is 18.9 Å². The summed E-state index contributed by atoms with van der Waals surface area (Å²) in [6.07, 6.45) is 4.98. The normalized spacial score (nSPS) is 16.3. The Labute approximate surface area is 162 Å². The molecule has 0 aliphatic heterocycles. The van der Waals surface area contributed by atoms with E-state index in [2.05, 4.69) is 4.90 Å². The molecule has 2 rings (SSSR count). The van der Waals surface area contributed by atoms with Crippen LogP contribution in [0.15, 0.2) is 18.2 Å². The number of carbonyl (C=O) groups is 1. The summed E-state index contributed by atoms with van der Waals surface area (Å²) in [5.41, 5.74) is 0.143. The topological polar surface area (TPSA) is 57.2 Å². The van der Waals surface area contributed by atoms with E-state index in [1.54, 1.807) is 40.6 Å². The van der Waals surface area contributed by atoms with Crippen molar-refractivity contribution in [2.24, 2.45) is 0 Å². The molecule has 0 unspecified atom stereocenters. The van der Waals surface area contributed by atoms with Crippen molar-refractivity contribution < 1.29 is 23.7 Å². The lowest BCUT2D eigenvalue weighted by Crippen LogP contribution is -2.57. The molecule has 1 saturated carbocycles. The molecular weight excluding hydrogens is 346 g/mol. The second-order valence-electron chi connectivity index (χ2n) is 6.96. The van der Waals surface area contributed by atoms with E-state index in [1.165, 1.54) is 6.42 Å². The summed E-state index contributed by atoms with van der Waals surface area (Å²) in [6.45, 7) is 2.59. The van der Waals surface area contributed by atoms with Crippen LogP contribution in [0.4, 0.5) is 0 Å². The number of ketones is 1. The molecule has 0 spiro atoms. The van der Waals surface area contributed by atoms with Crippen molar-refractivity contribution in [3.05, 3.63) is 23.8 Å². The van der Waals surface area contributed by atoms with Gasteiger partial charge in [0.2, 0.25) is 0 Å². The standard InChI is InChI=1S/C21H33NO5/c1-24-14-12-22(13-15-25-2)21(10-6-5-7-11-21)20(23)17-8-9-18(26-3)19(16-17)27-4/h8-9,16H,5-7,10-15H2,1-4H3. The van der Waals surface area contributed by atoms with Crippen molar-refractivity contribution in [1.29, 1.82) is 0 Å². The highest BCUT2D eigenvalue weighted by atomic mass is 16.5. The third-order valence-electron chi connectivity index (χ3n) is 5.49. The molecular formula is C21H33NO5. The van der Waals surface area contributed by atoms with Crippen LogP contribution in [0.3, 0.4) is 0 Å². The first-order chi connectivity index (χ1) is 13.1. The van der Waals surface area contributed by atoms with E-state index in [0.29, 0.717) is 43.4 Å². The molecule has 1 aliphatic rings. The van der Waals surface area contributed by atoms with Gasteiger partial charge in [0.15, 0.2) is 17.3 Å². The average molecular weight is 379 g/mol. The van der Waals surface area contributed by atoms with E-state index in [0.717, 1.165) is 25.7 Å². The van der Waals surface area contributed by atoms with Crippen molar-refractivity contribution in [3.8, 4) is 11.5 Å². The van der Waals surface area contributed by atoms with Gasteiger partial charge in [-0.3, -0.25) is 9.69 Å². The van der Waals surface area contributed by atoms with Crippen LogP contribution in [0.25, 0.3) is 0 Å². The fraction of sp³-hybridized carbons (Fsp3) is 0.667. The molecule has 0 heterocycles. The predicted octanol–water partition coefficient (Wildman–Crippen LogP) is 3.18. The van der Waals surface area contributed by atoms with Crippen LogP contribution >= 0.6 is 0 Å². The average Bonchev–Trinajstić information content (AvgIpc) is 2.73. The molecule has 1 aromatic rings. The number of nitrogens with zero attached hydrogens (tertiary/aromatic N) is 1. The van der Waals surface area contributed by atoms with Crippen LogP contribution in [0.5, 0.6) is 11.5 Å². The van der Waals surface area contributed by atoms with Gasteiger partial charge in [0.25, 0.3) is 0 Å². The van der Waals surface area contributed by atoms with Gasteiger partial charge in [-0.25, -0.2) is 0 Å². The fourth-order valence-corrected chi connectivity index (χ4v) is 4.01. The maximum atomic E-state index is 13.7. The molecule has 0 saturated heterocycles. The highest BCUT2D eigenvalue weighted by Crippen LogP contribution is 2.38. The summed E-state index contributed by atoms with van der Waals surface area (Å²) < 4.78 is 21.3. The molecule has 0 amide bonds. The zero-order chi connectivity index (χ0) is 19.7. The number of Topliss-reactive ketones (excluding diaryl/α,β-unsaturated/α-hetero) is 1. The van der Waals surface area contributed by atoms with Crippen molar-refractivity contribution in [2.75, 3.05) is 54.7 Å². The van der Waals surface area contributed by atoms with Gasteiger partial charge in [-0.1, -0.05) is 19.3 Å². The number of rotatable bonds is 11. The van der Waals surface area contributed by atoms with Crippen molar-refractivity contribution in [1.82, 2.24) is 4.90 Å². The van der Waals surface area contributed by atoms with Crippen LogP contribution in [0.2, 0.25) is 0 Å². The molecule has 1 aliphatic carbocycles. The molecule has 6 nitrogen and oxygen atoms in total. The lowest BCUT2D eigenvalue weighted by atomic mass is 9.75. The third kappa shape index (κ3) is 5.00. The molecule has 0 radical (unpaired) electrons. The van der Waals surface area contributed by atoms with Gasteiger partial charge in [0, 0.05) is 32.9 Å². The minimum Gasteiger partial charge on any atom is -0.493 e. The molecule has 0 N–H and O–H groups in total. The van der Waals surface area contributed by atoms with Crippen LogP contribution in [-0.4, -0.2) is 71.0 Å². The Balaban J connectivity index is 2.39. The molecule has 0 bridgehead atoms. The first kappa shape index (κ1) is 21.7. The highest BCUT2D eigenvalue weighted by molar-refractivity contribution is 6.03. The number of carbonyl (C=O) groups excluding carboxylic acids is 1. The van der Waals surface area contributed by atoms with Gasteiger partial charge in [-0.2, -0.15) is 0 Å². The number of methoxy groups -OCH3 is 4. The molecule has 0 atom stereocenters. The summed E-state index contributed by atoms with van der Waals surface area (Å²) in [6, 6.07) is 5.43. The Morgan fingerprint density at radius 3 is 2.04 bits per heavy atom. The van der Waals surface area contributed by atoms with E-state index in [-0.39, 0.29) is 5.78 Å². The smallest absolute Gasteiger partial charge is 0.183 e. The number of hydrogen-bond donors (Lipinski definition) is 0. The van der Waals surface area contributed by atoms with Gasteiger partial charge in [0.05, 0.1) is 33.0 Å². The fourth-order valence-electron chi connectivity index (χ4n) is 4.01. The van der Waals surface area contributed by atoms with E-state index in [1.807, 2.05) is 6.07 Å². The molecule has 1 aromatic carbocycles. The lowest BCUT2D eigenvalue weighted by molar-refractivity contribution is 0.0142. The zero-order valence-electron chi connectivity index (χ0n) is 17.1. The SMILES string of the molecule is COCCN(CCOC)C1(C(=O)c2ccc(OC)c(OC)c2)CCCCC1. The third-order valence-corrected chi connectivity index (χ3v) is 5.49. The number of hydrogen-bond acceptors (Lipinski definition) is 6.